The maximum absolute atomic E-state index is 11.6. The Kier molecular flexibility index (Phi) is 5.55. The van der Waals surface area contributed by atoms with Gasteiger partial charge in [0.15, 0.2) is 0 Å². The van der Waals surface area contributed by atoms with Crippen molar-refractivity contribution in [2.45, 2.75) is 13.8 Å². The topological polar surface area (TPSA) is 58.8 Å². The third kappa shape index (κ3) is 4.37. The Morgan fingerprint density at radius 2 is 1.94 bits per heavy atom. The van der Waals surface area contributed by atoms with Crippen molar-refractivity contribution in [2.75, 3.05) is 45.9 Å². The van der Waals surface area contributed by atoms with Crippen LogP contribution in [-0.4, -0.2) is 61.8 Å². The molecule has 1 fully saturated rings. The van der Waals surface area contributed by atoms with Gasteiger partial charge in [-0.15, -0.1) is 0 Å². The third-order valence-corrected chi connectivity index (χ3v) is 2.62. The van der Waals surface area contributed by atoms with Crippen LogP contribution in [0.4, 0.5) is 4.79 Å². The summed E-state index contributed by atoms with van der Waals surface area (Å²) in [6.45, 7) is 9.45. The molecule has 0 saturated carbocycles. The van der Waals surface area contributed by atoms with Gasteiger partial charge in [0, 0.05) is 39.3 Å². The van der Waals surface area contributed by atoms with Gasteiger partial charge in [-0.1, -0.05) is 13.8 Å². The quantitative estimate of drug-likeness (QED) is 0.756. The lowest BCUT2D eigenvalue weighted by Gasteiger charge is -2.33. The molecule has 0 aromatic rings. The number of hydrogen-bond acceptors (Lipinski definition) is 4. The Hall–Kier alpha value is -0.810. The molecule has 16 heavy (non-hydrogen) atoms. The van der Waals surface area contributed by atoms with Crippen LogP contribution in [0.5, 0.6) is 0 Å². The number of nitrogens with zero attached hydrogens (tertiary/aromatic N) is 2. The predicted molar refractivity (Wildman–Crippen MR) is 63.3 cm³/mol. The fourth-order valence-corrected chi connectivity index (χ4v) is 1.67. The first kappa shape index (κ1) is 13.3. The van der Waals surface area contributed by atoms with E-state index in [0.29, 0.717) is 19.1 Å². The lowest BCUT2D eigenvalue weighted by molar-refractivity contribution is 0.0698. The summed E-state index contributed by atoms with van der Waals surface area (Å²) in [5, 5.41) is 0. The summed E-state index contributed by atoms with van der Waals surface area (Å²) < 4.78 is 5.18. The van der Waals surface area contributed by atoms with Gasteiger partial charge in [0.2, 0.25) is 0 Å². The fourth-order valence-electron chi connectivity index (χ4n) is 1.67. The average molecular weight is 229 g/mol. The van der Waals surface area contributed by atoms with Gasteiger partial charge in [-0.3, -0.25) is 4.90 Å². The minimum absolute atomic E-state index is 0.180. The van der Waals surface area contributed by atoms with E-state index in [1.165, 1.54) is 0 Å². The average Bonchev–Trinajstić information content (AvgIpc) is 2.27. The summed E-state index contributed by atoms with van der Waals surface area (Å²) in [6.07, 6.45) is -0.180. The Morgan fingerprint density at radius 3 is 2.44 bits per heavy atom. The Labute approximate surface area is 97.5 Å². The lowest BCUT2D eigenvalue weighted by Crippen LogP contribution is -2.50. The molecule has 2 N–H and O–H groups in total. The van der Waals surface area contributed by atoms with Crippen molar-refractivity contribution in [3.05, 3.63) is 0 Å². The highest BCUT2D eigenvalue weighted by Gasteiger charge is 2.21. The van der Waals surface area contributed by atoms with Crippen molar-refractivity contribution in [3.63, 3.8) is 0 Å². The molecule has 5 heteroatoms. The van der Waals surface area contributed by atoms with Gasteiger partial charge in [-0.05, 0) is 5.92 Å². The van der Waals surface area contributed by atoms with E-state index in [1.54, 1.807) is 4.90 Å². The van der Waals surface area contributed by atoms with E-state index in [2.05, 4.69) is 4.90 Å². The predicted octanol–water partition coefficient (Wildman–Crippen LogP) is 0.355. The maximum atomic E-state index is 11.6. The first-order valence-corrected chi connectivity index (χ1v) is 5.97. The minimum atomic E-state index is -0.180. The molecular formula is C11H23N3O2. The van der Waals surface area contributed by atoms with E-state index in [0.717, 1.165) is 32.7 Å². The van der Waals surface area contributed by atoms with E-state index in [1.807, 2.05) is 13.8 Å². The normalized spacial score (nSPS) is 17.9. The Bertz CT molecular complexity index is 213. The van der Waals surface area contributed by atoms with E-state index < -0.39 is 0 Å². The molecule has 1 amide bonds. The molecule has 1 saturated heterocycles. The lowest BCUT2D eigenvalue weighted by atomic mass is 10.2. The summed E-state index contributed by atoms with van der Waals surface area (Å²) in [5.41, 5.74) is 5.49. The fraction of sp³-hybridized carbons (Fsp3) is 0.909. The number of hydrogen-bond donors (Lipinski definition) is 1. The van der Waals surface area contributed by atoms with Crippen LogP contribution in [0, 0.1) is 5.92 Å². The molecule has 0 radical (unpaired) electrons. The number of piperazine rings is 1. The molecule has 1 rings (SSSR count). The Balaban J connectivity index is 2.22. The van der Waals surface area contributed by atoms with Gasteiger partial charge >= 0.3 is 6.09 Å². The first-order valence-electron chi connectivity index (χ1n) is 5.97. The van der Waals surface area contributed by atoms with E-state index >= 15 is 0 Å². The summed E-state index contributed by atoms with van der Waals surface area (Å²) in [7, 11) is 0. The summed E-state index contributed by atoms with van der Waals surface area (Å²) in [5.74, 6) is 0.391. The second-order valence-corrected chi connectivity index (χ2v) is 4.59. The van der Waals surface area contributed by atoms with Crippen LogP contribution in [0.15, 0.2) is 0 Å². The molecule has 0 bridgehead atoms. The number of nitrogens with two attached hydrogens (primary N) is 1. The smallest absolute Gasteiger partial charge is 0.409 e. The second-order valence-electron chi connectivity index (χ2n) is 4.59. The Morgan fingerprint density at radius 1 is 1.31 bits per heavy atom. The van der Waals surface area contributed by atoms with Gasteiger partial charge in [-0.25, -0.2) is 4.79 Å². The molecule has 0 aromatic heterocycles. The number of amides is 1. The van der Waals surface area contributed by atoms with Crippen LogP contribution >= 0.6 is 0 Å². The van der Waals surface area contributed by atoms with Crippen molar-refractivity contribution >= 4 is 6.09 Å². The van der Waals surface area contributed by atoms with E-state index in [-0.39, 0.29) is 6.09 Å². The van der Waals surface area contributed by atoms with Crippen LogP contribution < -0.4 is 5.73 Å². The zero-order valence-electron chi connectivity index (χ0n) is 10.3. The standard InChI is InChI=1S/C11H23N3O2/c1-10(2)9-16-11(15)14-7-5-13(4-3-12)6-8-14/h10H,3-9,12H2,1-2H3. The summed E-state index contributed by atoms with van der Waals surface area (Å²) >= 11 is 0. The van der Waals surface area contributed by atoms with Gasteiger partial charge < -0.3 is 15.4 Å². The van der Waals surface area contributed by atoms with E-state index in [9.17, 15) is 4.79 Å². The molecule has 5 nitrogen and oxygen atoms in total. The minimum Gasteiger partial charge on any atom is -0.449 e. The SMILES string of the molecule is CC(C)COC(=O)N1CCN(CCN)CC1. The number of carbonyl (C=O) groups excluding carboxylic acids is 1. The van der Waals surface area contributed by atoms with Crippen molar-refractivity contribution in [1.82, 2.24) is 9.80 Å². The van der Waals surface area contributed by atoms with Crippen LogP contribution in [0.1, 0.15) is 13.8 Å². The highest BCUT2D eigenvalue weighted by Crippen LogP contribution is 2.04. The number of rotatable bonds is 4. The van der Waals surface area contributed by atoms with Crippen molar-refractivity contribution in [3.8, 4) is 0 Å². The molecule has 0 atom stereocenters. The van der Waals surface area contributed by atoms with Gasteiger partial charge in [0.1, 0.15) is 0 Å². The second kappa shape index (κ2) is 6.70. The first-order chi connectivity index (χ1) is 7.63. The molecule has 0 spiro atoms. The number of ether oxygens (including phenoxy) is 1. The molecule has 1 aliphatic rings. The molecule has 1 heterocycles. The van der Waals surface area contributed by atoms with Crippen LogP contribution in [0.2, 0.25) is 0 Å². The van der Waals surface area contributed by atoms with Crippen LogP contribution in [-0.2, 0) is 4.74 Å². The van der Waals surface area contributed by atoms with Crippen molar-refractivity contribution in [1.29, 1.82) is 0 Å². The van der Waals surface area contributed by atoms with Gasteiger partial charge in [-0.2, -0.15) is 0 Å². The highest BCUT2D eigenvalue weighted by atomic mass is 16.6. The third-order valence-electron chi connectivity index (χ3n) is 2.62. The maximum Gasteiger partial charge on any atom is 0.409 e. The van der Waals surface area contributed by atoms with Crippen molar-refractivity contribution in [2.24, 2.45) is 11.7 Å². The molecular weight excluding hydrogens is 206 g/mol. The van der Waals surface area contributed by atoms with E-state index in [4.69, 9.17) is 10.5 Å². The number of carbonyl (C=O) groups is 1. The highest BCUT2D eigenvalue weighted by molar-refractivity contribution is 5.67. The van der Waals surface area contributed by atoms with Crippen LogP contribution in [0.25, 0.3) is 0 Å². The summed E-state index contributed by atoms with van der Waals surface area (Å²) in [4.78, 5) is 15.7. The molecule has 0 aromatic carbocycles. The zero-order valence-corrected chi connectivity index (χ0v) is 10.3. The van der Waals surface area contributed by atoms with Gasteiger partial charge in [0.05, 0.1) is 6.61 Å². The largest absolute Gasteiger partial charge is 0.449 e. The molecule has 94 valence electrons. The van der Waals surface area contributed by atoms with Crippen LogP contribution in [0.3, 0.4) is 0 Å². The molecule has 0 unspecified atom stereocenters. The zero-order chi connectivity index (χ0) is 12.0. The van der Waals surface area contributed by atoms with Crippen molar-refractivity contribution < 1.29 is 9.53 Å². The molecule has 0 aliphatic carbocycles. The van der Waals surface area contributed by atoms with Gasteiger partial charge in [0.25, 0.3) is 0 Å². The monoisotopic (exact) mass is 229 g/mol. The molecule has 1 aliphatic heterocycles. The summed E-state index contributed by atoms with van der Waals surface area (Å²) in [6, 6.07) is 0.